The highest BCUT2D eigenvalue weighted by Gasteiger charge is 2.60. The molecule has 0 saturated carbocycles. The predicted molar refractivity (Wildman–Crippen MR) is 282 cm³/mol. The zero-order valence-electron chi connectivity index (χ0n) is 44.6. The zero-order chi connectivity index (χ0) is 50.5. The van der Waals surface area contributed by atoms with Crippen LogP contribution in [0.25, 0.3) is 0 Å². The van der Waals surface area contributed by atoms with E-state index in [0.29, 0.717) is 31.1 Å². The van der Waals surface area contributed by atoms with Crippen LogP contribution in [0.3, 0.4) is 0 Å². The van der Waals surface area contributed by atoms with Crippen LogP contribution in [0.15, 0.2) is 52.1 Å². The molecular weight excluding hydrogens is 1000 g/mol. The number of benzene rings is 2. The number of ether oxygens (including phenoxy) is 9. The first kappa shape index (κ1) is 59.7. The fourth-order valence-electron chi connectivity index (χ4n) is 8.27. The minimum Gasteiger partial charge on any atom is -0.497 e. The molecule has 1 heterocycles. The molecule has 0 spiro atoms. The summed E-state index contributed by atoms with van der Waals surface area (Å²) >= 11 is 2.35. The average molecular weight is 1090 g/mol. The lowest BCUT2D eigenvalue weighted by atomic mass is 9.76. The normalized spacial score (nSPS) is 23.3. The van der Waals surface area contributed by atoms with E-state index in [1.165, 1.54) is 3.58 Å². The summed E-state index contributed by atoms with van der Waals surface area (Å²) in [6, 6.07) is 13.5. The summed E-state index contributed by atoms with van der Waals surface area (Å²) in [5, 5.41) is 13.2. The molecule has 1 saturated heterocycles. The van der Waals surface area contributed by atoms with E-state index >= 15 is 0 Å². The van der Waals surface area contributed by atoms with Crippen LogP contribution in [0.1, 0.15) is 99.1 Å². The monoisotopic (exact) mass is 1090 g/mol. The van der Waals surface area contributed by atoms with Crippen LogP contribution in [-0.2, 0) is 50.5 Å². The predicted octanol–water partition coefficient (Wildman–Crippen LogP) is 11.9. The smallest absolute Gasteiger partial charge is 0.202 e. The molecule has 0 radical (unpaired) electrons. The Labute approximate surface area is 421 Å². The Morgan fingerprint density at radius 1 is 0.791 bits per heavy atom. The summed E-state index contributed by atoms with van der Waals surface area (Å²) in [5.74, 6) is -0.176. The molecule has 0 bridgehead atoms. The van der Waals surface area contributed by atoms with Crippen LogP contribution in [0.4, 0.5) is 0 Å². The van der Waals surface area contributed by atoms with Gasteiger partial charge in [0.15, 0.2) is 28.1 Å². The first-order valence-electron chi connectivity index (χ1n) is 23.9. The number of allylic oxidation sites excluding steroid dienone is 2. The lowest BCUT2D eigenvalue weighted by Gasteiger charge is -2.56. The number of halogens is 1. The minimum atomic E-state index is -2.40. The van der Waals surface area contributed by atoms with Crippen LogP contribution in [0.2, 0.25) is 36.3 Å². The number of aliphatic hydroxyl groups is 1. The second-order valence-electron chi connectivity index (χ2n) is 21.3. The molecule has 2 aromatic carbocycles. The minimum absolute atomic E-state index is 0.0449. The molecular formula is C52H89IO12Si2. The summed E-state index contributed by atoms with van der Waals surface area (Å²) in [6.45, 7) is 29.8. The fraction of sp³-hybridized carbons (Fsp3) is 0.731. The molecule has 3 rings (SSSR count). The third-order valence-corrected chi connectivity index (χ3v) is 24.0. The van der Waals surface area contributed by atoms with Crippen molar-refractivity contribution in [3.05, 3.63) is 63.2 Å². The Bertz CT molecular complexity index is 1790. The Balaban J connectivity index is 2.21. The van der Waals surface area contributed by atoms with Gasteiger partial charge in [0.25, 0.3) is 0 Å². The Hall–Kier alpha value is -1.62. The SMILES string of the molecule is COC[C@@H](C[C@H]1O[C@@](OC)([C@H](O)[C@H](C[C@H](OC)[C@H](CC/C=C(\C)I)O[Si](C)(C)C(C)(C)C)OCc2ccc(OC)c(OC)c2)[C@H](C)[C@@H](O[Si](C)(C)C(C)(C)C)[C@H]1C)OCc1ccc(OC)cc1. The van der Waals surface area contributed by atoms with Gasteiger partial charge in [-0.25, -0.2) is 0 Å². The van der Waals surface area contributed by atoms with Crippen molar-refractivity contribution in [2.24, 2.45) is 11.8 Å². The van der Waals surface area contributed by atoms with E-state index in [0.717, 1.165) is 29.7 Å². The second-order valence-corrected chi connectivity index (χ2v) is 32.5. The topological polar surface area (TPSA) is 122 Å². The Morgan fingerprint density at radius 2 is 1.39 bits per heavy atom. The molecule has 0 amide bonds. The number of methoxy groups -OCH3 is 6. The maximum absolute atomic E-state index is 13.3. The molecule has 0 aromatic heterocycles. The standard InChI is InChI=1S/C52H89IO12Si2/c1-35(53)21-20-22-43(64-66(16,17)50(4,5)6)46(59-14)31-47(62-33-39-25-28-42(57-12)45(29-39)58-13)49(54)52(60-15)37(3)48(65-67(18,19)51(7,8)9)36(2)44(63-52)30-41(34-55-10)61-32-38-23-26-40(56-11)27-24-38/h21,23-29,36-37,41,43-44,46-49,54H,20,22,30-34H2,1-19H3/b35-21+/t36-,37+,41+,43-,44+,46-,47-,48-,49+,52+/m0/s1. The molecule has 384 valence electrons. The van der Waals surface area contributed by atoms with Crippen molar-refractivity contribution in [1.82, 2.24) is 0 Å². The summed E-state index contributed by atoms with van der Waals surface area (Å²) in [6.07, 6.45) is 0.388. The number of hydrogen-bond acceptors (Lipinski definition) is 12. The van der Waals surface area contributed by atoms with Gasteiger partial charge in [0.05, 0.1) is 77.8 Å². The lowest BCUT2D eigenvalue weighted by molar-refractivity contribution is -0.372. The molecule has 10 atom stereocenters. The highest BCUT2D eigenvalue weighted by Crippen LogP contribution is 2.48. The van der Waals surface area contributed by atoms with Crippen molar-refractivity contribution < 1.29 is 56.6 Å². The van der Waals surface area contributed by atoms with Gasteiger partial charge >= 0.3 is 0 Å². The average Bonchev–Trinajstić information content (AvgIpc) is 3.26. The summed E-state index contributed by atoms with van der Waals surface area (Å²) in [5.41, 5.74) is 1.85. The van der Waals surface area contributed by atoms with Crippen molar-refractivity contribution in [1.29, 1.82) is 0 Å². The Kier molecular flexibility index (Phi) is 23.3. The highest BCUT2D eigenvalue weighted by atomic mass is 127. The van der Waals surface area contributed by atoms with E-state index < -0.39 is 52.8 Å². The second kappa shape index (κ2) is 26.2. The molecule has 1 aliphatic heterocycles. The quantitative estimate of drug-likeness (QED) is 0.0677. The van der Waals surface area contributed by atoms with Crippen LogP contribution in [-0.4, -0.2) is 120 Å². The van der Waals surface area contributed by atoms with E-state index in [-0.39, 0.29) is 47.3 Å². The first-order chi connectivity index (χ1) is 31.2. The number of rotatable bonds is 27. The molecule has 12 nitrogen and oxygen atoms in total. The van der Waals surface area contributed by atoms with Gasteiger partial charge in [-0.1, -0.05) is 79.7 Å². The van der Waals surface area contributed by atoms with Gasteiger partial charge in [0.1, 0.15) is 11.9 Å². The largest absolute Gasteiger partial charge is 0.497 e. The molecule has 1 N–H and O–H groups in total. The first-order valence-corrected chi connectivity index (χ1v) is 30.8. The fourth-order valence-corrected chi connectivity index (χ4v) is 11.4. The van der Waals surface area contributed by atoms with Gasteiger partial charge in [-0.2, -0.15) is 0 Å². The van der Waals surface area contributed by atoms with Gasteiger partial charge < -0.3 is 56.6 Å². The van der Waals surface area contributed by atoms with Gasteiger partial charge in [0.2, 0.25) is 5.79 Å². The number of aliphatic hydroxyl groups excluding tert-OH is 1. The van der Waals surface area contributed by atoms with Crippen molar-refractivity contribution in [3.8, 4) is 17.2 Å². The van der Waals surface area contributed by atoms with Gasteiger partial charge in [-0.3, -0.25) is 0 Å². The molecule has 0 unspecified atom stereocenters. The van der Waals surface area contributed by atoms with E-state index in [1.807, 2.05) is 42.5 Å². The maximum atomic E-state index is 13.3. The third kappa shape index (κ3) is 16.2. The van der Waals surface area contributed by atoms with Crippen LogP contribution in [0.5, 0.6) is 17.2 Å². The van der Waals surface area contributed by atoms with Gasteiger partial charge in [0, 0.05) is 46.0 Å². The zero-order valence-corrected chi connectivity index (χ0v) is 48.7. The molecule has 15 heteroatoms. The van der Waals surface area contributed by atoms with Gasteiger partial charge in [-0.05, 0) is 118 Å². The van der Waals surface area contributed by atoms with Crippen LogP contribution < -0.4 is 14.2 Å². The van der Waals surface area contributed by atoms with Crippen LogP contribution in [0, 0.1) is 11.8 Å². The van der Waals surface area contributed by atoms with E-state index in [9.17, 15) is 5.11 Å². The molecule has 2 aromatic rings. The van der Waals surface area contributed by atoms with Crippen molar-refractivity contribution in [3.63, 3.8) is 0 Å². The summed E-state index contributed by atoms with van der Waals surface area (Å²) < 4.78 is 72.2. The molecule has 1 fully saturated rings. The highest BCUT2D eigenvalue weighted by molar-refractivity contribution is 14.1. The summed E-state index contributed by atoms with van der Waals surface area (Å²) in [4.78, 5) is 0. The van der Waals surface area contributed by atoms with Crippen molar-refractivity contribution >= 4 is 39.2 Å². The van der Waals surface area contributed by atoms with Crippen molar-refractivity contribution in [2.45, 2.75) is 186 Å². The van der Waals surface area contributed by atoms with E-state index in [2.05, 4.69) is 117 Å². The number of hydrogen-bond donors (Lipinski definition) is 1. The molecule has 0 aliphatic carbocycles. The Morgan fingerprint density at radius 3 is 1.91 bits per heavy atom. The maximum Gasteiger partial charge on any atom is 0.202 e. The van der Waals surface area contributed by atoms with E-state index in [1.54, 1.807) is 42.7 Å². The van der Waals surface area contributed by atoms with Crippen molar-refractivity contribution in [2.75, 3.05) is 49.3 Å². The lowest BCUT2D eigenvalue weighted by Crippen LogP contribution is -2.68. The summed E-state index contributed by atoms with van der Waals surface area (Å²) in [7, 11) is 5.20. The third-order valence-electron chi connectivity index (χ3n) is 14.6. The van der Waals surface area contributed by atoms with Crippen LogP contribution >= 0.6 is 22.6 Å². The van der Waals surface area contributed by atoms with Gasteiger partial charge in [-0.15, -0.1) is 0 Å². The molecule has 1 aliphatic rings. The van der Waals surface area contributed by atoms with E-state index in [4.69, 9.17) is 51.5 Å². The molecule has 67 heavy (non-hydrogen) atoms.